The maximum Gasteiger partial charge on any atom is 0.246 e. The number of nitriles is 1. The number of likely N-dealkylation sites (N-methyl/N-ethyl adjacent to an activating group) is 1. The highest BCUT2D eigenvalue weighted by Crippen LogP contribution is 2.27. The van der Waals surface area contributed by atoms with Crippen molar-refractivity contribution < 1.29 is 4.79 Å². The summed E-state index contributed by atoms with van der Waals surface area (Å²) in [6, 6.07) is 8.82. The second kappa shape index (κ2) is 8.18. The van der Waals surface area contributed by atoms with Crippen molar-refractivity contribution in [3.63, 3.8) is 0 Å². The highest BCUT2D eigenvalue weighted by molar-refractivity contribution is 9.10. The van der Waals surface area contributed by atoms with Gasteiger partial charge >= 0.3 is 0 Å². The fraction of sp³-hybridized carbons (Fsp3) is 0.250. The molecule has 130 valence electrons. The van der Waals surface area contributed by atoms with Crippen LogP contribution in [0.4, 0.5) is 17.5 Å². The van der Waals surface area contributed by atoms with Crippen molar-refractivity contribution in [2.45, 2.75) is 18.0 Å². The van der Waals surface area contributed by atoms with E-state index in [1.807, 2.05) is 12.1 Å². The molecule has 25 heavy (non-hydrogen) atoms. The molecular weight excluding hydrogens is 404 g/mol. The van der Waals surface area contributed by atoms with Gasteiger partial charge in [0.15, 0.2) is 5.82 Å². The lowest BCUT2D eigenvalue weighted by molar-refractivity contribution is -0.117. The van der Waals surface area contributed by atoms with Crippen molar-refractivity contribution in [2.24, 2.45) is 0 Å². The second-order valence-electron chi connectivity index (χ2n) is 5.19. The van der Waals surface area contributed by atoms with Crippen LogP contribution in [0.15, 0.2) is 33.8 Å². The second-order valence-corrected chi connectivity index (χ2v) is 6.90. The Morgan fingerprint density at radius 3 is 2.80 bits per heavy atom. The minimum Gasteiger partial charge on any atom is -0.368 e. The number of nitrogens with two attached hydrogens (primary N) is 1. The molecule has 0 saturated heterocycles. The van der Waals surface area contributed by atoms with Gasteiger partial charge in [-0.05, 0) is 31.4 Å². The van der Waals surface area contributed by atoms with Crippen LogP contribution in [0.2, 0.25) is 0 Å². The molecule has 0 aliphatic carbocycles. The topological polar surface area (TPSA) is 108 Å². The van der Waals surface area contributed by atoms with E-state index in [1.54, 1.807) is 37.3 Å². The summed E-state index contributed by atoms with van der Waals surface area (Å²) in [5.41, 5.74) is 6.71. The van der Waals surface area contributed by atoms with Gasteiger partial charge in [-0.2, -0.15) is 10.2 Å². The average molecular weight is 421 g/mol. The number of aromatic nitrogens is 2. The monoisotopic (exact) mass is 420 g/mol. The first-order valence-corrected chi connectivity index (χ1v) is 9.30. The summed E-state index contributed by atoms with van der Waals surface area (Å²) in [5, 5.41) is 12.8. The maximum atomic E-state index is 12.5. The molecular formula is C16H17BrN6OS. The summed E-state index contributed by atoms with van der Waals surface area (Å²) in [7, 11) is 1.69. The van der Waals surface area contributed by atoms with Crippen molar-refractivity contribution in [3.05, 3.63) is 34.3 Å². The van der Waals surface area contributed by atoms with Gasteiger partial charge in [-0.1, -0.05) is 22.0 Å². The average Bonchev–Trinajstić information content (AvgIpc) is 2.59. The van der Waals surface area contributed by atoms with Gasteiger partial charge in [0.25, 0.3) is 0 Å². The van der Waals surface area contributed by atoms with E-state index in [2.05, 4.69) is 37.3 Å². The van der Waals surface area contributed by atoms with Gasteiger partial charge in [0.05, 0.1) is 0 Å². The molecule has 0 aliphatic rings. The van der Waals surface area contributed by atoms with Crippen LogP contribution in [0, 0.1) is 11.3 Å². The highest BCUT2D eigenvalue weighted by Gasteiger charge is 2.24. The van der Waals surface area contributed by atoms with Crippen molar-refractivity contribution in [1.29, 1.82) is 5.26 Å². The number of anilines is 3. The fourth-order valence-corrected chi connectivity index (χ4v) is 3.04. The van der Waals surface area contributed by atoms with Gasteiger partial charge in [-0.15, -0.1) is 11.8 Å². The predicted octanol–water partition coefficient (Wildman–Crippen LogP) is 2.88. The predicted molar refractivity (Wildman–Crippen MR) is 104 cm³/mol. The smallest absolute Gasteiger partial charge is 0.246 e. The first kappa shape index (κ1) is 19.0. The summed E-state index contributed by atoms with van der Waals surface area (Å²) in [6.07, 6.45) is 1.80. The number of nitrogens with zero attached hydrogens (tertiary/aromatic N) is 4. The summed E-state index contributed by atoms with van der Waals surface area (Å²) in [4.78, 5) is 22.4. The first-order chi connectivity index (χ1) is 11.9. The number of rotatable bonds is 5. The summed E-state index contributed by atoms with van der Waals surface area (Å²) in [6.45, 7) is 1.73. The Balaban J connectivity index is 2.28. The lowest BCUT2D eigenvalue weighted by atomic mass is 10.2. The van der Waals surface area contributed by atoms with E-state index in [0.717, 1.165) is 4.47 Å². The van der Waals surface area contributed by atoms with Crippen LogP contribution in [-0.4, -0.2) is 35.2 Å². The van der Waals surface area contributed by atoms with E-state index >= 15 is 0 Å². The quantitative estimate of drug-likeness (QED) is 0.565. The van der Waals surface area contributed by atoms with E-state index in [9.17, 15) is 10.1 Å². The van der Waals surface area contributed by atoms with Crippen LogP contribution < -0.4 is 16.0 Å². The SMILES string of the molecule is CSc1nc(N)nc(N(C)[C@@H](C)C(=O)Nc2cccc(Br)c2)c1C#N. The molecule has 0 bridgehead atoms. The number of halogens is 1. The molecule has 0 fully saturated rings. The molecule has 0 radical (unpaired) electrons. The molecule has 0 unspecified atom stereocenters. The molecule has 0 spiro atoms. The van der Waals surface area contributed by atoms with Gasteiger partial charge in [0, 0.05) is 17.2 Å². The van der Waals surface area contributed by atoms with E-state index in [4.69, 9.17) is 5.73 Å². The number of hydrogen-bond donors (Lipinski definition) is 2. The molecule has 1 atom stereocenters. The molecule has 2 aromatic rings. The van der Waals surface area contributed by atoms with Gasteiger partial charge in [-0.3, -0.25) is 4.79 Å². The Morgan fingerprint density at radius 2 is 2.20 bits per heavy atom. The maximum absolute atomic E-state index is 12.5. The van der Waals surface area contributed by atoms with Crippen LogP contribution in [0.5, 0.6) is 0 Å². The van der Waals surface area contributed by atoms with Crippen molar-refractivity contribution in [2.75, 3.05) is 29.3 Å². The van der Waals surface area contributed by atoms with Crippen LogP contribution in [0.25, 0.3) is 0 Å². The Kier molecular flexibility index (Phi) is 6.22. The van der Waals surface area contributed by atoms with E-state index in [1.165, 1.54) is 11.8 Å². The number of nitrogen functional groups attached to an aromatic ring is 1. The largest absolute Gasteiger partial charge is 0.368 e. The third-order valence-electron chi connectivity index (χ3n) is 3.57. The van der Waals surface area contributed by atoms with E-state index in [-0.39, 0.29) is 11.9 Å². The molecule has 0 aliphatic heterocycles. The molecule has 3 N–H and O–H groups in total. The molecule has 2 rings (SSSR count). The molecule has 1 amide bonds. The molecule has 7 nitrogen and oxygen atoms in total. The summed E-state index contributed by atoms with van der Waals surface area (Å²) in [5.74, 6) is 0.161. The molecule has 0 saturated carbocycles. The van der Waals surface area contributed by atoms with Crippen LogP contribution >= 0.6 is 27.7 Å². The fourth-order valence-electron chi connectivity index (χ4n) is 2.12. The summed E-state index contributed by atoms with van der Waals surface area (Å²) < 4.78 is 0.867. The zero-order chi connectivity index (χ0) is 18.6. The van der Waals surface area contributed by atoms with Crippen LogP contribution in [-0.2, 0) is 4.79 Å². The Hall–Kier alpha value is -2.31. The number of nitrogens with one attached hydrogen (secondary N) is 1. The lowest BCUT2D eigenvalue weighted by Crippen LogP contribution is -2.40. The molecule has 1 aromatic carbocycles. The Bertz CT molecular complexity index is 838. The van der Waals surface area contributed by atoms with Crippen molar-refractivity contribution in [3.8, 4) is 6.07 Å². The number of carbonyl (C=O) groups excluding carboxylic acids is 1. The molecule has 1 aromatic heterocycles. The van der Waals surface area contributed by atoms with Gasteiger partial charge in [0.2, 0.25) is 11.9 Å². The standard InChI is InChI=1S/C16H17BrN6OS/c1-9(14(24)20-11-6-4-5-10(17)7-11)23(2)13-12(8-18)15(25-3)22-16(19)21-13/h4-7,9H,1-3H3,(H,20,24)(H2,19,21,22)/t9-/m0/s1. The number of carbonyl (C=O) groups is 1. The van der Waals surface area contributed by atoms with Crippen LogP contribution in [0.3, 0.4) is 0 Å². The van der Waals surface area contributed by atoms with Crippen LogP contribution in [0.1, 0.15) is 12.5 Å². The van der Waals surface area contributed by atoms with Crippen molar-refractivity contribution in [1.82, 2.24) is 9.97 Å². The summed E-state index contributed by atoms with van der Waals surface area (Å²) >= 11 is 4.67. The van der Waals surface area contributed by atoms with Gasteiger partial charge in [-0.25, -0.2) is 4.98 Å². The number of benzene rings is 1. The minimum absolute atomic E-state index is 0.0600. The number of amides is 1. The first-order valence-electron chi connectivity index (χ1n) is 7.28. The normalized spacial score (nSPS) is 11.5. The highest BCUT2D eigenvalue weighted by atomic mass is 79.9. The Morgan fingerprint density at radius 1 is 1.48 bits per heavy atom. The van der Waals surface area contributed by atoms with E-state index < -0.39 is 6.04 Å². The zero-order valence-corrected chi connectivity index (χ0v) is 16.3. The van der Waals surface area contributed by atoms with Crippen molar-refractivity contribution >= 4 is 51.1 Å². The third kappa shape index (κ3) is 4.41. The van der Waals surface area contributed by atoms with Gasteiger partial charge < -0.3 is 16.0 Å². The minimum atomic E-state index is -0.574. The Labute approximate surface area is 158 Å². The number of hydrogen-bond acceptors (Lipinski definition) is 7. The zero-order valence-electron chi connectivity index (χ0n) is 13.9. The molecule has 9 heteroatoms. The lowest BCUT2D eigenvalue weighted by Gasteiger charge is -2.26. The third-order valence-corrected chi connectivity index (χ3v) is 4.74. The van der Waals surface area contributed by atoms with E-state index in [0.29, 0.717) is 22.1 Å². The van der Waals surface area contributed by atoms with Gasteiger partial charge in [0.1, 0.15) is 22.7 Å². The molecule has 1 heterocycles. The number of thioether (sulfide) groups is 1.